The molecular formula is C28H34O4. The third-order valence-electron chi connectivity index (χ3n) is 8.29. The number of carbonyl (C=O) groups is 2. The fourth-order valence-electron chi connectivity index (χ4n) is 6.63. The van der Waals surface area contributed by atoms with E-state index >= 15 is 0 Å². The lowest BCUT2D eigenvalue weighted by atomic mass is 9.64. The van der Waals surface area contributed by atoms with Crippen LogP contribution in [0.3, 0.4) is 0 Å². The Morgan fingerprint density at radius 3 is 1.34 bits per heavy atom. The van der Waals surface area contributed by atoms with E-state index in [1.54, 1.807) is 0 Å². The summed E-state index contributed by atoms with van der Waals surface area (Å²) in [6, 6.07) is 8.17. The van der Waals surface area contributed by atoms with E-state index in [0.717, 1.165) is 48.0 Å². The maximum atomic E-state index is 13.1. The van der Waals surface area contributed by atoms with E-state index < -0.39 is 11.2 Å². The predicted molar refractivity (Wildman–Crippen MR) is 125 cm³/mol. The molecule has 1 aromatic rings. The van der Waals surface area contributed by atoms with Crippen molar-refractivity contribution in [3.05, 3.63) is 46.5 Å². The number of fused-ring (bicyclic) bond motifs is 6. The number of ketones is 2. The van der Waals surface area contributed by atoms with Gasteiger partial charge in [-0.25, -0.2) is 0 Å². The summed E-state index contributed by atoms with van der Waals surface area (Å²) in [5, 5.41) is 0. The Kier molecular flexibility index (Phi) is 4.59. The summed E-state index contributed by atoms with van der Waals surface area (Å²) >= 11 is 0. The van der Waals surface area contributed by atoms with E-state index in [2.05, 4.69) is 27.7 Å². The molecule has 4 bridgehead atoms. The Morgan fingerprint density at radius 1 is 0.688 bits per heavy atom. The maximum Gasteiger partial charge on any atom is 0.190 e. The van der Waals surface area contributed by atoms with Gasteiger partial charge < -0.3 is 9.47 Å². The van der Waals surface area contributed by atoms with Crippen LogP contribution in [-0.2, 0) is 19.1 Å². The largest absolute Gasteiger partial charge is 0.361 e. The summed E-state index contributed by atoms with van der Waals surface area (Å²) in [6.07, 6.45) is 7.61. The number of rotatable bonds is 2. The van der Waals surface area contributed by atoms with Gasteiger partial charge in [0.15, 0.2) is 11.6 Å². The molecule has 4 heterocycles. The molecular weight excluding hydrogens is 400 g/mol. The van der Waals surface area contributed by atoms with Gasteiger partial charge in [0.1, 0.15) is 11.2 Å². The molecule has 0 aromatic heterocycles. The van der Waals surface area contributed by atoms with Crippen LogP contribution >= 0.6 is 0 Å². The first-order valence-electron chi connectivity index (χ1n) is 11.9. The molecule has 7 rings (SSSR count). The van der Waals surface area contributed by atoms with Crippen molar-refractivity contribution in [2.24, 2.45) is 11.8 Å². The van der Waals surface area contributed by atoms with Crippen LogP contribution in [0.2, 0.25) is 0 Å². The lowest BCUT2D eigenvalue weighted by Gasteiger charge is -2.53. The molecule has 0 radical (unpaired) electrons. The average Bonchev–Trinajstić information content (AvgIpc) is 2.68. The Hall–Kier alpha value is -2.04. The quantitative estimate of drug-likeness (QED) is 0.573. The fraction of sp³-hybridized carbons (Fsp3) is 0.571. The highest BCUT2D eigenvalue weighted by Crippen LogP contribution is 2.52. The van der Waals surface area contributed by atoms with Gasteiger partial charge in [0.25, 0.3) is 0 Å². The van der Waals surface area contributed by atoms with Gasteiger partial charge in [-0.15, -0.1) is 0 Å². The molecule has 0 amide bonds. The number of Topliss-reactive ketones (excluding diaryl/α,β-unsaturated/α-hetero) is 2. The van der Waals surface area contributed by atoms with Gasteiger partial charge in [0, 0.05) is 23.0 Å². The molecule has 6 fully saturated rings. The van der Waals surface area contributed by atoms with E-state index in [1.807, 2.05) is 50.3 Å². The van der Waals surface area contributed by atoms with E-state index in [1.165, 1.54) is 0 Å². The summed E-state index contributed by atoms with van der Waals surface area (Å²) in [4.78, 5) is 26.2. The number of ether oxygens (including phenoxy) is 2. The van der Waals surface area contributed by atoms with Gasteiger partial charge in [0.05, 0.1) is 11.2 Å². The van der Waals surface area contributed by atoms with Crippen LogP contribution in [0.15, 0.2) is 35.4 Å². The SMILES string of the molecule is CC1(C)O[C@@]2(C)CC[C@@H]1/C(=C/c1ccc(/C=C3\C(=O)[C@@]4(C)CC[C@@H]3C(C)(C)O4)cc1)C2=O. The highest BCUT2D eigenvalue weighted by molar-refractivity contribution is 6.08. The second-order valence-electron chi connectivity index (χ2n) is 11.6. The van der Waals surface area contributed by atoms with Crippen LogP contribution in [0.1, 0.15) is 78.4 Å². The smallest absolute Gasteiger partial charge is 0.190 e. The van der Waals surface area contributed by atoms with Crippen molar-refractivity contribution in [2.45, 2.75) is 89.6 Å². The second-order valence-corrected chi connectivity index (χ2v) is 11.6. The predicted octanol–water partition coefficient (Wildman–Crippen LogP) is 5.55. The minimum absolute atomic E-state index is 0.122. The molecule has 32 heavy (non-hydrogen) atoms. The zero-order chi connectivity index (χ0) is 23.1. The molecule has 4 saturated heterocycles. The minimum Gasteiger partial charge on any atom is -0.361 e. The van der Waals surface area contributed by atoms with Crippen molar-refractivity contribution in [3.8, 4) is 0 Å². The molecule has 0 spiro atoms. The Labute approximate surface area is 191 Å². The summed E-state index contributed by atoms with van der Waals surface area (Å²) < 4.78 is 12.3. The Bertz CT molecular complexity index is 972. The van der Waals surface area contributed by atoms with Crippen LogP contribution in [0.4, 0.5) is 0 Å². The molecule has 2 saturated carbocycles. The number of benzene rings is 1. The van der Waals surface area contributed by atoms with Crippen LogP contribution in [-0.4, -0.2) is 34.0 Å². The van der Waals surface area contributed by atoms with Crippen LogP contribution < -0.4 is 0 Å². The van der Waals surface area contributed by atoms with Gasteiger partial charge in [-0.05, 0) is 90.5 Å². The molecule has 1 aromatic carbocycles. The average molecular weight is 435 g/mol. The fourth-order valence-corrected chi connectivity index (χ4v) is 6.63. The van der Waals surface area contributed by atoms with Gasteiger partial charge in [-0.2, -0.15) is 0 Å². The molecule has 0 unspecified atom stereocenters. The van der Waals surface area contributed by atoms with Crippen molar-refractivity contribution in [1.82, 2.24) is 0 Å². The summed E-state index contributed by atoms with van der Waals surface area (Å²) in [7, 11) is 0. The van der Waals surface area contributed by atoms with Crippen molar-refractivity contribution >= 4 is 23.7 Å². The summed E-state index contributed by atoms with van der Waals surface area (Å²) in [5.41, 5.74) is 1.70. The first-order valence-corrected chi connectivity index (χ1v) is 11.9. The van der Waals surface area contributed by atoms with E-state index in [4.69, 9.17) is 9.47 Å². The normalized spacial score (nSPS) is 39.8. The lowest BCUT2D eigenvalue weighted by molar-refractivity contribution is -0.206. The molecule has 6 aliphatic rings. The minimum atomic E-state index is -0.708. The van der Waals surface area contributed by atoms with Gasteiger partial charge in [-0.3, -0.25) is 9.59 Å². The zero-order valence-corrected chi connectivity index (χ0v) is 20.1. The van der Waals surface area contributed by atoms with Crippen molar-refractivity contribution < 1.29 is 19.1 Å². The van der Waals surface area contributed by atoms with E-state index in [-0.39, 0.29) is 34.6 Å². The second kappa shape index (κ2) is 6.74. The van der Waals surface area contributed by atoms with Crippen LogP contribution in [0, 0.1) is 11.8 Å². The number of hydrogen-bond donors (Lipinski definition) is 0. The van der Waals surface area contributed by atoms with Crippen molar-refractivity contribution in [3.63, 3.8) is 0 Å². The first-order chi connectivity index (χ1) is 14.8. The topological polar surface area (TPSA) is 52.6 Å². The Balaban J connectivity index is 1.44. The third kappa shape index (κ3) is 3.18. The van der Waals surface area contributed by atoms with Gasteiger partial charge in [-0.1, -0.05) is 24.3 Å². The number of hydrogen-bond acceptors (Lipinski definition) is 4. The van der Waals surface area contributed by atoms with Crippen LogP contribution in [0.25, 0.3) is 12.2 Å². The number of carbonyl (C=O) groups excluding carboxylic acids is 2. The molecule has 4 atom stereocenters. The van der Waals surface area contributed by atoms with Gasteiger partial charge >= 0.3 is 0 Å². The molecule has 4 heteroatoms. The van der Waals surface area contributed by atoms with Gasteiger partial charge in [0.2, 0.25) is 0 Å². The standard InChI is InChI=1S/C28H34O4/c1-25(2)21-11-13-27(5,31-25)23(29)19(21)15-17-7-9-18(10-8-17)16-20-22-12-14-28(6,24(20)30)32-26(22,3)4/h7-10,15-16,21-22H,11-14H2,1-6H3/b19-15-,20-16-/t21-,22+,27+,28-. The third-order valence-corrected chi connectivity index (χ3v) is 8.29. The highest BCUT2D eigenvalue weighted by atomic mass is 16.5. The molecule has 2 aliphatic carbocycles. The molecule has 4 aliphatic heterocycles. The van der Waals surface area contributed by atoms with Crippen molar-refractivity contribution in [2.75, 3.05) is 0 Å². The summed E-state index contributed by atoms with van der Waals surface area (Å²) in [5.74, 6) is 0.492. The van der Waals surface area contributed by atoms with E-state index in [0.29, 0.717) is 0 Å². The zero-order valence-electron chi connectivity index (χ0n) is 20.1. The maximum absolute atomic E-state index is 13.1. The molecule has 170 valence electrons. The lowest BCUT2D eigenvalue weighted by Crippen LogP contribution is -2.60. The van der Waals surface area contributed by atoms with Crippen LogP contribution in [0.5, 0.6) is 0 Å². The summed E-state index contributed by atoms with van der Waals surface area (Å²) in [6.45, 7) is 12.2. The molecule has 4 nitrogen and oxygen atoms in total. The molecule has 0 N–H and O–H groups in total. The monoisotopic (exact) mass is 434 g/mol. The van der Waals surface area contributed by atoms with Crippen molar-refractivity contribution in [1.29, 1.82) is 0 Å². The van der Waals surface area contributed by atoms with E-state index in [9.17, 15) is 9.59 Å². The first kappa shape index (κ1) is 21.8. The Morgan fingerprint density at radius 2 is 1.03 bits per heavy atom. The highest BCUT2D eigenvalue weighted by Gasteiger charge is 2.57.